The SMILES string of the molecule is COc1ccccc1NC(=O)c1cnc(NCc2ccccc2F)cn1. The molecule has 0 saturated heterocycles. The van der Waals surface area contributed by atoms with Gasteiger partial charge in [0.15, 0.2) is 0 Å². The molecule has 0 spiro atoms. The zero-order valence-corrected chi connectivity index (χ0v) is 14.1. The summed E-state index contributed by atoms with van der Waals surface area (Å²) < 4.78 is 18.8. The van der Waals surface area contributed by atoms with E-state index in [2.05, 4.69) is 20.6 Å². The molecule has 7 heteroatoms. The van der Waals surface area contributed by atoms with Gasteiger partial charge in [-0.05, 0) is 18.2 Å². The molecule has 0 aliphatic heterocycles. The fraction of sp³-hybridized carbons (Fsp3) is 0.105. The number of benzene rings is 2. The van der Waals surface area contributed by atoms with Crippen molar-refractivity contribution in [2.45, 2.75) is 6.54 Å². The summed E-state index contributed by atoms with van der Waals surface area (Å²) in [7, 11) is 1.53. The van der Waals surface area contributed by atoms with Gasteiger partial charge in [0.05, 0.1) is 25.2 Å². The maximum Gasteiger partial charge on any atom is 0.275 e. The van der Waals surface area contributed by atoms with E-state index in [9.17, 15) is 9.18 Å². The second-order valence-electron chi connectivity index (χ2n) is 5.39. The number of ether oxygens (including phenoxy) is 1. The van der Waals surface area contributed by atoms with Gasteiger partial charge in [-0.25, -0.2) is 14.4 Å². The lowest BCUT2D eigenvalue weighted by Crippen LogP contribution is -2.15. The second-order valence-corrected chi connectivity index (χ2v) is 5.39. The number of anilines is 2. The number of nitrogens with zero attached hydrogens (tertiary/aromatic N) is 2. The molecule has 6 nitrogen and oxygen atoms in total. The summed E-state index contributed by atoms with van der Waals surface area (Å²) in [5.74, 6) is 0.308. The third-order valence-corrected chi connectivity index (χ3v) is 3.66. The molecule has 1 aromatic heterocycles. The predicted octanol–water partition coefficient (Wildman–Crippen LogP) is 3.49. The molecule has 1 heterocycles. The molecule has 0 fully saturated rings. The van der Waals surface area contributed by atoms with Crippen LogP contribution in [0, 0.1) is 5.82 Å². The van der Waals surface area contributed by atoms with Gasteiger partial charge < -0.3 is 15.4 Å². The minimum absolute atomic E-state index is 0.160. The number of amides is 1. The molecule has 26 heavy (non-hydrogen) atoms. The molecule has 0 saturated carbocycles. The van der Waals surface area contributed by atoms with Crippen molar-refractivity contribution in [3.63, 3.8) is 0 Å². The molecule has 3 aromatic rings. The van der Waals surface area contributed by atoms with E-state index >= 15 is 0 Å². The Balaban J connectivity index is 1.63. The predicted molar refractivity (Wildman–Crippen MR) is 96.7 cm³/mol. The molecule has 0 aliphatic rings. The third-order valence-electron chi connectivity index (χ3n) is 3.66. The number of hydrogen-bond donors (Lipinski definition) is 2. The van der Waals surface area contributed by atoms with Crippen molar-refractivity contribution >= 4 is 17.4 Å². The molecule has 2 N–H and O–H groups in total. The number of aromatic nitrogens is 2. The van der Waals surface area contributed by atoms with E-state index in [1.165, 1.54) is 25.6 Å². The van der Waals surface area contributed by atoms with Gasteiger partial charge in [0.2, 0.25) is 0 Å². The van der Waals surface area contributed by atoms with Crippen molar-refractivity contribution < 1.29 is 13.9 Å². The number of methoxy groups -OCH3 is 1. The van der Waals surface area contributed by atoms with Crippen molar-refractivity contribution in [1.82, 2.24) is 9.97 Å². The van der Waals surface area contributed by atoms with Crippen molar-refractivity contribution in [2.24, 2.45) is 0 Å². The van der Waals surface area contributed by atoms with E-state index in [-0.39, 0.29) is 18.1 Å². The van der Waals surface area contributed by atoms with E-state index in [1.807, 2.05) is 6.07 Å². The largest absolute Gasteiger partial charge is 0.495 e. The van der Waals surface area contributed by atoms with Gasteiger partial charge in [0, 0.05) is 12.1 Å². The molecule has 0 radical (unpaired) electrons. The van der Waals surface area contributed by atoms with Crippen molar-refractivity contribution in [2.75, 3.05) is 17.7 Å². The van der Waals surface area contributed by atoms with Gasteiger partial charge in [-0.2, -0.15) is 0 Å². The second kappa shape index (κ2) is 8.06. The average Bonchev–Trinajstić information content (AvgIpc) is 2.68. The van der Waals surface area contributed by atoms with Crippen LogP contribution in [0.4, 0.5) is 15.9 Å². The molecule has 1 amide bonds. The lowest BCUT2D eigenvalue weighted by molar-refractivity contribution is 0.102. The first-order valence-corrected chi connectivity index (χ1v) is 7.91. The maximum absolute atomic E-state index is 13.6. The Hall–Kier alpha value is -3.48. The zero-order chi connectivity index (χ0) is 18.4. The Kier molecular flexibility index (Phi) is 5.38. The third kappa shape index (κ3) is 4.13. The molecule has 3 rings (SSSR count). The molecular formula is C19H17FN4O2. The molecule has 0 unspecified atom stereocenters. The number of carbonyl (C=O) groups is 1. The fourth-order valence-electron chi connectivity index (χ4n) is 2.30. The Morgan fingerprint density at radius 3 is 2.58 bits per heavy atom. The van der Waals surface area contributed by atoms with Crippen LogP contribution in [0.3, 0.4) is 0 Å². The Labute approximate surface area is 150 Å². The topological polar surface area (TPSA) is 76.1 Å². The summed E-state index contributed by atoms with van der Waals surface area (Å²) >= 11 is 0. The van der Waals surface area contributed by atoms with E-state index in [1.54, 1.807) is 36.4 Å². The van der Waals surface area contributed by atoms with E-state index < -0.39 is 5.91 Å². The van der Waals surface area contributed by atoms with Crippen LogP contribution in [-0.2, 0) is 6.54 Å². The number of halogens is 1. The zero-order valence-electron chi connectivity index (χ0n) is 14.1. The highest BCUT2D eigenvalue weighted by atomic mass is 19.1. The molecule has 2 aromatic carbocycles. The number of nitrogens with one attached hydrogen (secondary N) is 2. The Bertz CT molecular complexity index is 900. The number of hydrogen-bond acceptors (Lipinski definition) is 5. The van der Waals surface area contributed by atoms with Crippen LogP contribution in [0.2, 0.25) is 0 Å². The molecule has 0 aliphatic carbocycles. The van der Waals surface area contributed by atoms with Gasteiger partial charge in [-0.1, -0.05) is 30.3 Å². The van der Waals surface area contributed by atoms with Crippen molar-refractivity contribution in [1.29, 1.82) is 0 Å². The van der Waals surface area contributed by atoms with Crippen molar-refractivity contribution in [3.05, 3.63) is 78.0 Å². The van der Waals surface area contributed by atoms with Crippen LogP contribution in [0.25, 0.3) is 0 Å². The molecule has 132 valence electrons. The summed E-state index contributed by atoms with van der Waals surface area (Å²) in [5, 5.41) is 5.70. The Morgan fingerprint density at radius 2 is 1.85 bits per heavy atom. The first kappa shape index (κ1) is 17.3. The highest BCUT2D eigenvalue weighted by Crippen LogP contribution is 2.23. The van der Waals surface area contributed by atoms with Crippen LogP contribution >= 0.6 is 0 Å². The van der Waals surface area contributed by atoms with Crippen LogP contribution in [0.1, 0.15) is 16.1 Å². The summed E-state index contributed by atoms with van der Waals surface area (Å²) in [5.41, 5.74) is 1.23. The highest BCUT2D eigenvalue weighted by molar-refractivity contribution is 6.03. The van der Waals surface area contributed by atoms with Crippen LogP contribution in [0.15, 0.2) is 60.9 Å². The summed E-state index contributed by atoms with van der Waals surface area (Å²) in [6.45, 7) is 0.272. The van der Waals surface area contributed by atoms with Crippen molar-refractivity contribution in [3.8, 4) is 5.75 Å². The number of para-hydroxylation sites is 2. The normalized spacial score (nSPS) is 10.2. The molecule has 0 bridgehead atoms. The standard InChI is InChI=1S/C19H17FN4O2/c1-26-17-9-5-4-8-15(17)24-19(25)16-11-23-18(12-21-16)22-10-13-6-2-3-7-14(13)20/h2-9,11-12H,10H2,1H3,(H,22,23)(H,24,25). The van der Waals surface area contributed by atoms with E-state index in [0.717, 1.165) is 0 Å². The quantitative estimate of drug-likeness (QED) is 0.710. The first-order chi connectivity index (χ1) is 12.7. The van der Waals surface area contributed by atoms with E-state index in [4.69, 9.17) is 4.74 Å². The molecular weight excluding hydrogens is 335 g/mol. The summed E-state index contributed by atoms with van der Waals surface area (Å²) in [6, 6.07) is 13.6. The average molecular weight is 352 g/mol. The van der Waals surface area contributed by atoms with Gasteiger partial charge in [0.1, 0.15) is 23.1 Å². The van der Waals surface area contributed by atoms with Crippen LogP contribution in [-0.4, -0.2) is 23.0 Å². The van der Waals surface area contributed by atoms with E-state index in [0.29, 0.717) is 22.8 Å². The first-order valence-electron chi connectivity index (χ1n) is 7.91. The van der Waals surface area contributed by atoms with Gasteiger partial charge >= 0.3 is 0 Å². The smallest absolute Gasteiger partial charge is 0.275 e. The number of rotatable bonds is 6. The van der Waals surface area contributed by atoms with Gasteiger partial charge in [-0.15, -0.1) is 0 Å². The lowest BCUT2D eigenvalue weighted by Gasteiger charge is -2.10. The monoisotopic (exact) mass is 352 g/mol. The van der Waals surface area contributed by atoms with Gasteiger partial charge in [0.25, 0.3) is 5.91 Å². The minimum atomic E-state index is -0.400. The van der Waals surface area contributed by atoms with Gasteiger partial charge in [-0.3, -0.25) is 4.79 Å². The van der Waals surface area contributed by atoms with Crippen LogP contribution < -0.4 is 15.4 Å². The number of carbonyl (C=O) groups excluding carboxylic acids is 1. The fourth-order valence-corrected chi connectivity index (χ4v) is 2.30. The Morgan fingerprint density at radius 1 is 1.08 bits per heavy atom. The highest BCUT2D eigenvalue weighted by Gasteiger charge is 2.11. The summed E-state index contributed by atoms with van der Waals surface area (Å²) in [6.07, 6.45) is 2.78. The lowest BCUT2D eigenvalue weighted by atomic mass is 10.2. The molecule has 0 atom stereocenters. The summed E-state index contributed by atoms with van der Waals surface area (Å²) in [4.78, 5) is 20.5. The minimum Gasteiger partial charge on any atom is -0.495 e. The maximum atomic E-state index is 13.6. The van der Waals surface area contributed by atoms with Crippen LogP contribution in [0.5, 0.6) is 5.75 Å².